The van der Waals surface area contributed by atoms with Crippen LogP contribution in [0.1, 0.15) is 12.5 Å². The van der Waals surface area contributed by atoms with E-state index in [9.17, 15) is 14.7 Å². The summed E-state index contributed by atoms with van der Waals surface area (Å²) >= 11 is 10.1. The second kappa shape index (κ2) is 7.73. The van der Waals surface area contributed by atoms with Crippen LogP contribution >= 0.6 is 39.3 Å². The summed E-state index contributed by atoms with van der Waals surface area (Å²) in [5, 5.41) is 9.93. The fraction of sp³-hybridized carbons (Fsp3) is 0.111. The molecule has 26 heavy (non-hydrogen) atoms. The number of aromatic hydroxyl groups is 1. The fourth-order valence-corrected chi connectivity index (χ4v) is 3.85. The molecule has 0 aromatic heterocycles. The molecule has 0 bridgehead atoms. The number of hydrogen-bond donors (Lipinski definition) is 1. The monoisotopic (exact) mass is 453 g/mol. The Hall–Kier alpha value is -1.96. The summed E-state index contributed by atoms with van der Waals surface area (Å²) in [5.41, 5.74) is 1.03. The smallest absolute Gasteiger partial charge is 0.298 e. The van der Waals surface area contributed by atoms with Gasteiger partial charge in [0.1, 0.15) is 0 Å². The zero-order valence-electron chi connectivity index (χ0n) is 13.5. The molecule has 1 fully saturated rings. The molecular formula is C18H13BrClNO4S. The number of carbonyl (C=O) groups is 2. The Bertz CT molecular complexity index is 931. The zero-order chi connectivity index (χ0) is 18.8. The van der Waals surface area contributed by atoms with Gasteiger partial charge in [0.25, 0.3) is 11.1 Å². The molecule has 134 valence electrons. The van der Waals surface area contributed by atoms with Crippen LogP contribution in [0.4, 0.5) is 10.5 Å². The largest absolute Gasteiger partial charge is 0.504 e. The van der Waals surface area contributed by atoms with Crippen molar-refractivity contribution in [3.63, 3.8) is 0 Å². The first-order chi connectivity index (χ1) is 12.4. The average molecular weight is 455 g/mol. The number of phenols is 1. The van der Waals surface area contributed by atoms with Crippen LogP contribution in [0.3, 0.4) is 0 Å². The molecule has 0 unspecified atom stereocenters. The maximum atomic E-state index is 12.7. The molecule has 1 saturated heterocycles. The van der Waals surface area contributed by atoms with Crippen molar-refractivity contribution >= 4 is 62.2 Å². The molecule has 3 rings (SSSR count). The number of rotatable bonds is 4. The number of phenolic OH excluding ortho intramolecular Hbond substituents is 1. The van der Waals surface area contributed by atoms with Crippen LogP contribution in [-0.2, 0) is 4.79 Å². The summed E-state index contributed by atoms with van der Waals surface area (Å²) in [6, 6.07) is 9.64. The van der Waals surface area contributed by atoms with Crippen molar-refractivity contribution in [2.24, 2.45) is 0 Å². The summed E-state index contributed by atoms with van der Waals surface area (Å²) in [4.78, 5) is 26.4. The first-order valence-corrected chi connectivity index (χ1v) is 9.58. The number of imide groups is 1. The standard InChI is InChI=1S/C18H13BrClNO4S/c1-2-25-15-6-10(13(19)9-14(15)22)7-16-17(23)21(18(24)26-16)12-5-3-4-11(20)8-12/h3-9,22H,2H2,1H3/b16-7-. The van der Waals surface area contributed by atoms with Gasteiger partial charge in [-0.2, -0.15) is 0 Å². The number of hydrogen-bond acceptors (Lipinski definition) is 5. The fourth-order valence-electron chi connectivity index (χ4n) is 2.39. The molecule has 0 aliphatic carbocycles. The van der Waals surface area contributed by atoms with Crippen LogP contribution < -0.4 is 9.64 Å². The van der Waals surface area contributed by atoms with Crippen LogP contribution in [0.2, 0.25) is 5.02 Å². The summed E-state index contributed by atoms with van der Waals surface area (Å²) in [5.74, 6) is -0.140. The maximum absolute atomic E-state index is 12.7. The second-order valence-corrected chi connectivity index (χ2v) is 7.56. The third-order valence-electron chi connectivity index (χ3n) is 3.52. The normalized spacial score (nSPS) is 15.8. The highest BCUT2D eigenvalue weighted by Crippen LogP contribution is 2.39. The predicted octanol–water partition coefficient (Wildman–Crippen LogP) is 5.45. The highest BCUT2D eigenvalue weighted by Gasteiger charge is 2.36. The van der Waals surface area contributed by atoms with E-state index in [0.717, 1.165) is 16.7 Å². The van der Waals surface area contributed by atoms with E-state index >= 15 is 0 Å². The van der Waals surface area contributed by atoms with Crippen molar-refractivity contribution in [2.45, 2.75) is 6.92 Å². The molecule has 0 atom stereocenters. The molecule has 0 saturated carbocycles. The Labute approximate surface area is 167 Å². The van der Waals surface area contributed by atoms with E-state index in [2.05, 4.69) is 15.9 Å². The van der Waals surface area contributed by atoms with E-state index in [1.54, 1.807) is 43.3 Å². The first-order valence-electron chi connectivity index (χ1n) is 7.59. The molecule has 8 heteroatoms. The van der Waals surface area contributed by atoms with Crippen molar-refractivity contribution in [3.05, 3.63) is 56.4 Å². The van der Waals surface area contributed by atoms with Crippen molar-refractivity contribution < 1.29 is 19.4 Å². The molecule has 0 spiro atoms. The number of thioether (sulfide) groups is 1. The van der Waals surface area contributed by atoms with Gasteiger partial charge in [-0.1, -0.05) is 33.6 Å². The van der Waals surface area contributed by atoms with Crippen LogP contribution in [-0.4, -0.2) is 22.9 Å². The highest BCUT2D eigenvalue weighted by atomic mass is 79.9. The minimum absolute atomic E-state index is 0.0112. The number of anilines is 1. The van der Waals surface area contributed by atoms with Gasteiger partial charge in [0.15, 0.2) is 11.5 Å². The van der Waals surface area contributed by atoms with E-state index in [1.165, 1.54) is 6.07 Å². The Balaban J connectivity index is 1.97. The van der Waals surface area contributed by atoms with Gasteiger partial charge in [-0.05, 0) is 60.7 Å². The van der Waals surface area contributed by atoms with Gasteiger partial charge in [0.2, 0.25) is 0 Å². The van der Waals surface area contributed by atoms with Gasteiger partial charge in [0.05, 0.1) is 17.2 Å². The van der Waals surface area contributed by atoms with Gasteiger partial charge in [-0.25, -0.2) is 4.90 Å². The quantitative estimate of drug-likeness (QED) is 0.622. The molecule has 1 heterocycles. The molecule has 2 aromatic carbocycles. The van der Waals surface area contributed by atoms with Gasteiger partial charge < -0.3 is 9.84 Å². The van der Waals surface area contributed by atoms with Crippen LogP contribution in [0.15, 0.2) is 45.8 Å². The Kier molecular flexibility index (Phi) is 5.60. The predicted molar refractivity (Wildman–Crippen MR) is 107 cm³/mol. The minimum Gasteiger partial charge on any atom is -0.504 e. The average Bonchev–Trinajstić information content (AvgIpc) is 2.86. The van der Waals surface area contributed by atoms with E-state index < -0.39 is 11.1 Å². The summed E-state index contributed by atoms with van der Waals surface area (Å²) in [6.07, 6.45) is 1.58. The summed E-state index contributed by atoms with van der Waals surface area (Å²) < 4.78 is 5.94. The van der Waals surface area contributed by atoms with Gasteiger partial charge in [-0.3, -0.25) is 9.59 Å². The molecule has 1 N–H and O–H groups in total. The topological polar surface area (TPSA) is 66.8 Å². The second-order valence-electron chi connectivity index (χ2n) is 5.27. The molecule has 0 radical (unpaired) electrons. The number of halogens is 2. The zero-order valence-corrected chi connectivity index (χ0v) is 16.7. The SMILES string of the molecule is CCOc1cc(/C=C2\SC(=O)N(c3cccc(Cl)c3)C2=O)c(Br)cc1O. The number of nitrogens with zero attached hydrogens (tertiary/aromatic N) is 1. The van der Waals surface area contributed by atoms with Crippen molar-refractivity contribution in [1.29, 1.82) is 0 Å². The van der Waals surface area contributed by atoms with Crippen LogP contribution in [0.5, 0.6) is 11.5 Å². The summed E-state index contributed by atoms with van der Waals surface area (Å²) in [6.45, 7) is 2.19. The summed E-state index contributed by atoms with van der Waals surface area (Å²) in [7, 11) is 0. The molecule has 2 aromatic rings. The van der Waals surface area contributed by atoms with Crippen molar-refractivity contribution in [1.82, 2.24) is 0 Å². The molecule has 1 aliphatic heterocycles. The number of benzene rings is 2. The lowest BCUT2D eigenvalue weighted by Gasteiger charge is -2.12. The van der Waals surface area contributed by atoms with E-state index in [-0.39, 0.29) is 10.7 Å². The van der Waals surface area contributed by atoms with Crippen LogP contribution in [0.25, 0.3) is 6.08 Å². The molecule has 5 nitrogen and oxygen atoms in total. The Morgan fingerprint density at radius 3 is 2.77 bits per heavy atom. The lowest BCUT2D eigenvalue weighted by molar-refractivity contribution is -0.113. The molecular weight excluding hydrogens is 442 g/mol. The van der Waals surface area contributed by atoms with Gasteiger partial charge in [0, 0.05) is 9.50 Å². The lowest BCUT2D eigenvalue weighted by atomic mass is 10.2. The number of amides is 2. The maximum Gasteiger partial charge on any atom is 0.298 e. The van der Waals surface area contributed by atoms with Gasteiger partial charge in [-0.15, -0.1) is 0 Å². The third kappa shape index (κ3) is 3.75. The Morgan fingerprint density at radius 2 is 2.08 bits per heavy atom. The van der Waals surface area contributed by atoms with E-state index in [0.29, 0.717) is 33.1 Å². The van der Waals surface area contributed by atoms with Crippen molar-refractivity contribution in [2.75, 3.05) is 11.5 Å². The molecule has 1 aliphatic rings. The van der Waals surface area contributed by atoms with Crippen LogP contribution in [0, 0.1) is 0 Å². The number of ether oxygens (including phenoxy) is 1. The minimum atomic E-state index is -0.430. The van der Waals surface area contributed by atoms with Gasteiger partial charge >= 0.3 is 0 Å². The Morgan fingerprint density at radius 1 is 1.31 bits per heavy atom. The van der Waals surface area contributed by atoms with E-state index in [4.69, 9.17) is 16.3 Å². The van der Waals surface area contributed by atoms with Crippen molar-refractivity contribution in [3.8, 4) is 11.5 Å². The number of carbonyl (C=O) groups excluding carboxylic acids is 2. The highest BCUT2D eigenvalue weighted by molar-refractivity contribution is 9.10. The first kappa shape index (κ1) is 18.8. The lowest BCUT2D eigenvalue weighted by Crippen LogP contribution is -2.27. The molecule has 2 amide bonds. The van der Waals surface area contributed by atoms with E-state index in [1.807, 2.05) is 0 Å². The third-order valence-corrected chi connectivity index (χ3v) is 5.32.